The Morgan fingerprint density at radius 2 is 1.97 bits per heavy atom. The van der Waals surface area contributed by atoms with Crippen molar-refractivity contribution in [3.8, 4) is 17.2 Å². The Balaban J connectivity index is 1.24. The maximum absolute atomic E-state index is 5.51. The molecule has 0 saturated carbocycles. The van der Waals surface area contributed by atoms with Crippen molar-refractivity contribution in [1.82, 2.24) is 14.7 Å². The van der Waals surface area contributed by atoms with E-state index in [2.05, 4.69) is 58.6 Å². The molecule has 0 bridgehead atoms. The second-order valence-corrected chi connectivity index (χ2v) is 8.30. The van der Waals surface area contributed by atoms with E-state index < -0.39 is 0 Å². The third-order valence-electron chi connectivity index (χ3n) is 5.82. The van der Waals surface area contributed by atoms with Crippen molar-refractivity contribution >= 4 is 5.69 Å². The molecule has 2 aliphatic rings. The number of aryl methyl sites for hydroxylation is 2. The van der Waals surface area contributed by atoms with E-state index in [1.165, 1.54) is 18.4 Å². The summed E-state index contributed by atoms with van der Waals surface area (Å²) in [6, 6.07) is 17.4. The summed E-state index contributed by atoms with van der Waals surface area (Å²) in [5.41, 5.74) is 5.76. The average molecular weight is 405 g/mol. The van der Waals surface area contributed by atoms with Gasteiger partial charge in [0.15, 0.2) is 11.5 Å². The summed E-state index contributed by atoms with van der Waals surface area (Å²) in [6.45, 7) is 7.55. The molecule has 1 N–H and O–H groups in total. The van der Waals surface area contributed by atoms with E-state index in [0.29, 0.717) is 12.8 Å². The molecule has 1 aromatic heterocycles. The predicted octanol–water partition coefficient (Wildman–Crippen LogP) is 4.29. The third kappa shape index (κ3) is 4.00. The van der Waals surface area contributed by atoms with E-state index in [9.17, 15) is 0 Å². The van der Waals surface area contributed by atoms with Crippen molar-refractivity contribution in [2.45, 2.75) is 39.3 Å². The molecule has 1 unspecified atom stereocenters. The molecule has 6 nitrogen and oxygen atoms in total. The second-order valence-electron chi connectivity index (χ2n) is 8.30. The van der Waals surface area contributed by atoms with Crippen LogP contribution in [-0.4, -0.2) is 40.6 Å². The first-order valence-corrected chi connectivity index (χ1v) is 10.7. The normalized spacial score (nSPS) is 18.5. The van der Waals surface area contributed by atoms with Gasteiger partial charge in [-0.05, 0) is 69.1 Å². The molecule has 30 heavy (non-hydrogen) atoms. The number of aromatic nitrogens is 2. The van der Waals surface area contributed by atoms with Crippen molar-refractivity contribution < 1.29 is 9.47 Å². The number of rotatable bonds is 5. The number of piperidine rings is 1. The van der Waals surface area contributed by atoms with Crippen molar-refractivity contribution in [2.24, 2.45) is 0 Å². The summed E-state index contributed by atoms with van der Waals surface area (Å²) < 4.78 is 12.9. The molecule has 0 amide bonds. The fourth-order valence-electron chi connectivity index (χ4n) is 4.47. The SMILES string of the molecule is Cc1cc(C)n(-c2cccc(CN3CCCC(Nc4ccc5c(c4)OCO5)C3)c2)n1. The van der Waals surface area contributed by atoms with Crippen LogP contribution in [0.4, 0.5) is 5.69 Å². The van der Waals surface area contributed by atoms with Crippen LogP contribution in [0.25, 0.3) is 5.69 Å². The number of nitrogens with one attached hydrogen (secondary N) is 1. The molecule has 1 fully saturated rings. The van der Waals surface area contributed by atoms with Gasteiger partial charge in [0.2, 0.25) is 6.79 Å². The minimum Gasteiger partial charge on any atom is -0.454 e. The van der Waals surface area contributed by atoms with Gasteiger partial charge in [-0.25, -0.2) is 4.68 Å². The van der Waals surface area contributed by atoms with Crippen molar-refractivity contribution in [2.75, 3.05) is 25.2 Å². The highest BCUT2D eigenvalue weighted by Crippen LogP contribution is 2.34. The lowest BCUT2D eigenvalue weighted by Crippen LogP contribution is -2.41. The van der Waals surface area contributed by atoms with Gasteiger partial charge in [0.1, 0.15) is 0 Å². The van der Waals surface area contributed by atoms with Gasteiger partial charge < -0.3 is 14.8 Å². The Hall–Kier alpha value is -2.99. The largest absolute Gasteiger partial charge is 0.454 e. The smallest absolute Gasteiger partial charge is 0.231 e. The number of hydrogen-bond donors (Lipinski definition) is 1. The number of benzene rings is 2. The Morgan fingerprint density at radius 3 is 2.83 bits per heavy atom. The molecule has 0 aliphatic carbocycles. The maximum atomic E-state index is 5.51. The van der Waals surface area contributed by atoms with Crippen LogP contribution in [0.5, 0.6) is 11.5 Å². The fraction of sp³-hybridized carbons (Fsp3) is 0.375. The van der Waals surface area contributed by atoms with Crippen LogP contribution >= 0.6 is 0 Å². The van der Waals surface area contributed by atoms with Gasteiger partial charge >= 0.3 is 0 Å². The quantitative estimate of drug-likeness (QED) is 0.687. The van der Waals surface area contributed by atoms with Gasteiger partial charge in [0, 0.05) is 36.6 Å². The maximum Gasteiger partial charge on any atom is 0.231 e. The molecule has 0 spiro atoms. The minimum atomic E-state index is 0.312. The molecule has 1 atom stereocenters. The summed E-state index contributed by atoms with van der Waals surface area (Å²) in [7, 11) is 0. The van der Waals surface area contributed by atoms with Crippen LogP contribution in [-0.2, 0) is 6.54 Å². The molecular formula is C24H28N4O2. The standard InChI is InChI=1S/C24H28N4O2/c1-17-11-18(2)28(26-17)22-7-3-5-19(12-22)14-27-10-4-6-21(15-27)25-20-8-9-23-24(13-20)30-16-29-23/h3,5,7-9,11-13,21,25H,4,6,10,14-16H2,1-2H3. The summed E-state index contributed by atoms with van der Waals surface area (Å²) in [6.07, 6.45) is 2.37. The molecule has 2 aromatic carbocycles. The van der Waals surface area contributed by atoms with E-state index in [1.807, 2.05) is 23.7 Å². The van der Waals surface area contributed by atoms with Crippen molar-refractivity contribution in [1.29, 1.82) is 0 Å². The van der Waals surface area contributed by atoms with E-state index in [4.69, 9.17) is 9.47 Å². The van der Waals surface area contributed by atoms with E-state index in [1.54, 1.807) is 0 Å². The molecule has 3 heterocycles. The number of hydrogen-bond acceptors (Lipinski definition) is 5. The van der Waals surface area contributed by atoms with Crippen molar-refractivity contribution in [3.05, 3.63) is 65.5 Å². The number of anilines is 1. The first kappa shape index (κ1) is 19.0. The Labute approximate surface area is 177 Å². The zero-order valence-electron chi connectivity index (χ0n) is 17.6. The molecule has 3 aromatic rings. The first-order chi connectivity index (χ1) is 14.6. The fourth-order valence-corrected chi connectivity index (χ4v) is 4.47. The van der Waals surface area contributed by atoms with Crippen molar-refractivity contribution in [3.63, 3.8) is 0 Å². The van der Waals surface area contributed by atoms with Gasteiger partial charge in [0.25, 0.3) is 0 Å². The molecule has 2 aliphatic heterocycles. The summed E-state index contributed by atoms with van der Waals surface area (Å²) >= 11 is 0. The van der Waals surface area contributed by atoms with Crippen LogP contribution in [0.2, 0.25) is 0 Å². The molecule has 6 heteroatoms. The zero-order chi connectivity index (χ0) is 20.5. The minimum absolute atomic E-state index is 0.312. The van der Waals surface area contributed by atoms with E-state index >= 15 is 0 Å². The molecule has 1 saturated heterocycles. The van der Waals surface area contributed by atoms with Gasteiger partial charge in [0.05, 0.1) is 11.4 Å². The Bertz CT molecular complexity index is 1050. The lowest BCUT2D eigenvalue weighted by Gasteiger charge is -2.33. The number of ether oxygens (including phenoxy) is 2. The lowest BCUT2D eigenvalue weighted by atomic mass is 10.0. The summed E-state index contributed by atoms with van der Waals surface area (Å²) in [4.78, 5) is 2.54. The highest BCUT2D eigenvalue weighted by atomic mass is 16.7. The predicted molar refractivity (Wildman–Crippen MR) is 118 cm³/mol. The van der Waals surface area contributed by atoms with Crippen LogP contribution in [0, 0.1) is 13.8 Å². The highest BCUT2D eigenvalue weighted by molar-refractivity contribution is 5.56. The van der Waals surface area contributed by atoms with Gasteiger partial charge in [-0.15, -0.1) is 0 Å². The first-order valence-electron chi connectivity index (χ1n) is 10.7. The third-order valence-corrected chi connectivity index (χ3v) is 5.82. The lowest BCUT2D eigenvalue weighted by molar-refractivity contribution is 0.174. The molecule has 5 rings (SSSR count). The zero-order valence-corrected chi connectivity index (χ0v) is 17.6. The van der Waals surface area contributed by atoms with Gasteiger partial charge in [-0.2, -0.15) is 5.10 Å². The van der Waals surface area contributed by atoms with Gasteiger partial charge in [-0.1, -0.05) is 12.1 Å². The van der Waals surface area contributed by atoms with Crippen LogP contribution in [0.3, 0.4) is 0 Å². The number of likely N-dealkylation sites (tertiary alicyclic amines) is 1. The monoisotopic (exact) mass is 404 g/mol. The molecule has 0 radical (unpaired) electrons. The Kier molecular flexibility index (Phi) is 5.09. The average Bonchev–Trinajstić information content (AvgIpc) is 3.33. The summed E-state index contributed by atoms with van der Waals surface area (Å²) in [5.74, 6) is 1.65. The van der Waals surface area contributed by atoms with Crippen LogP contribution < -0.4 is 14.8 Å². The van der Waals surface area contributed by atoms with Gasteiger partial charge in [-0.3, -0.25) is 4.90 Å². The topological polar surface area (TPSA) is 51.5 Å². The highest BCUT2D eigenvalue weighted by Gasteiger charge is 2.21. The Morgan fingerprint density at radius 1 is 1.07 bits per heavy atom. The number of fused-ring (bicyclic) bond motifs is 1. The number of nitrogens with zero attached hydrogens (tertiary/aromatic N) is 3. The van der Waals surface area contributed by atoms with E-state index in [0.717, 1.165) is 53.9 Å². The second kappa shape index (κ2) is 8.03. The molecular weight excluding hydrogens is 376 g/mol. The van der Waals surface area contributed by atoms with Crippen LogP contribution in [0.1, 0.15) is 29.8 Å². The van der Waals surface area contributed by atoms with E-state index in [-0.39, 0.29) is 0 Å². The molecule has 156 valence electrons. The van der Waals surface area contributed by atoms with Crippen LogP contribution in [0.15, 0.2) is 48.5 Å². The summed E-state index contributed by atoms with van der Waals surface area (Å²) in [5, 5.41) is 8.31.